The number of nitrogens with two attached hydrogens (primary N) is 1. The fourth-order valence-corrected chi connectivity index (χ4v) is 1.36. The Kier molecular flexibility index (Phi) is 4.94. The highest BCUT2D eigenvalue weighted by Gasteiger charge is 2.11. The first-order chi connectivity index (χ1) is 8.21. The quantitative estimate of drug-likeness (QED) is 0.517. The SMILES string of the molecule is COC(=O)NCC(NN)c1cccc(C#N)c1. The fraction of sp³-hybridized carbons (Fsp3) is 0.273. The predicted octanol–water partition coefficient (Wildman–Crippen LogP) is 0.419. The summed E-state index contributed by atoms with van der Waals surface area (Å²) in [6.07, 6.45) is -0.526. The Bertz CT molecular complexity index is 428. The standard InChI is InChI=1S/C11H14N4O2/c1-17-11(16)14-7-10(15-13)9-4-2-3-8(5-9)6-12/h2-5,10,15H,7,13H2,1H3,(H,14,16). The molecule has 0 saturated heterocycles. The van der Waals surface area contributed by atoms with Crippen LogP contribution in [-0.2, 0) is 4.74 Å². The van der Waals surface area contributed by atoms with Crippen LogP contribution in [0.3, 0.4) is 0 Å². The van der Waals surface area contributed by atoms with Gasteiger partial charge in [-0.3, -0.25) is 11.3 Å². The zero-order valence-corrected chi connectivity index (χ0v) is 9.43. The molecule has 0 bridgehead atoms. The summed E-state index contributed by atoms with van der Waals surface area (Å²) in [6, 6.07) is 8.76. The lowest BCUT2D eigenvalue weighted by Gasteiger charge is -2.16. The molecule has 0 aliphatic rings. The molecule has 1 atom stereocenters. The number of nitriles is 1. The number of nitrogens with one attached hydrogen (secondary N) is 2. The first-order valence-corrected chi connectivity index (χ1v) is 4.99. The van der Waals surface area contributed by atoms with E-state index in [1.54, 1.807) is 18.2 Å². The van der Waals surface area contributed by atoms with Crippen molar-refractivity contribution in [3.8, 4) is 6.07 Å². The lowest BCUT2D eigenvalue weighted by atomic mass is 10.0. The number of alkyl carbamates (subject to hydrolysis) is 1. The van der Waals surface area contributed by atoms with Gasteiger partial charge in [-0.15, -0.1) is 0 Å². The zero-order valence-electron chi connectivity index (χ0n) is 9.43. The number of nitrogens with zero attached hydrogens (tertiary/aromatic N) is 1. The Morgan fingerprint density at radius 2 is 2.41 bits per heavy atom. The summed E-state index contributed by atoms with van der Waals surface area (Å²) >= 11 is 0. The van der Waals surface area contributed by atoms with Gasteiger partial charge < -0.3 is 10.1 Å². The van der Waals surface area contributed by atoms with Crippen molar-refractivity contribution in [3.05, 3.63) is 35.4 Å². The van der Waals surface area contributed by atoms with Crippen molar-refractivity contribution in [3.63, 3.8) is 0 Å². The minimum atomic E-state index is -0.526. The third-order valence-electron chi connectivity index (χ3n) is 2.26. The summed E-state index contributed by atoms with van der Waals surface area (Å²) in [5.41, 5.74) is 3.93. The molecule has 0 fully saturated rings. The average molecular weight is 234 g/mol. The van der Waals surface area contributed by atoms with Crippen LogP contribution in [0.5, 0.6) is 0 Å². The van der Waals surface area contributed by atoms with Gasteiger partial charge in [0.15, 0.2) is 0 Å². The number of amides is 1. The van der Waals surface area contributed by atoms with E-state index in [2.05, 4.69) is 15.5 Å². The largest absolute Gasteiger partial charge is 0.453 e. The Morgan fingerprint density at radius 1 is 1.65 bits per heavy atom. The number of hydrazine groups is 1. The van der Waals surface area contributed by atoms with Crippen LogP contribution in [0.2, 0.25) is 0 Å². The number of benzene rings is 1. The summed E-state index contributed by atoms with van der Waals surface area (Å²) in [4.78, 5) is 10.9. The predicted molar refractivity (Wildman–Crippen MR) is 61.6 cm³/mol. The Balaban J connectivity index is 2.72. The second-order valence-corrected chi connectivity index (χ2v) is 3.33. The van der Waals surface area contributed by atoms with Crippen LogP contribution in [0.1, 0.15) is 17.2 Å². The minimum Gasteiger partial charge on any atom is -0.453 e. The van der Waals surface area contributed by atoms with Gasteiger partial charge >= 0.3 is 6.09 Å². The zero-order chi connectivity index (χ0) is 12.7. The van der Waals surface area contributed by atoms with E-state index < -0.39 is 6.09 Å². The number of hydrogen-bond donors (Lipinski definition) is 3. The molecular formula is C11H14N4O2. The van der Waals surface area contributed by atoms with Gasteiger partial charge in [-0.05, 0) is 17.7 Å². The molecule has 4 N–H and O–H groups in total. The van der Waals surface area contributed by atoms with E-state index in [1.165, 1.54) is 7.11 Å². The maximum absolute atomic E-state index is 10.9. The number of rotatable bonds is 4. The van der Waals surface area contributed by atoms with Gasteiger partial charge in [-0.25, -0.2) is 4.79 Å². The highest BCUT2D eigenvalue weighted by molar-refractivity contribution is 5.66. The molecule has 0 heterocycles. The highest BCUT2D eigenvalue weighted by atomic mass is 16.5. The molecule has 1 aromatic carbocycles. The van der Waals surface area contributed by atoms with Gasteiger partial charge in [0, 0.05) is 6.54 Å². The average Bonchev–Trinajstić information content (AvgIpc) is 2.39. The van der Waals surface area contributed by atoms with E-state index in [0.29, 0.717) is 5.56 Å². The van der Waals surface area contributed by atoms with Gasteiger partial charge in [0.25, 0.3) is 0 Å². The number of hydrogen-bond acceptors (Lipinski definition) is 5. The van der Waals surface area contributed by atoms with E-state index >= 15 is 0 Å². The van der Waals surface area contributed by atoms with Crippen LogP contribution >= 0.6 is 0 Å². The van der Waals surface area contributed by atoms with Crippen LogP contribution in [0.4, 0.5) is 4.79 Å². The Labute approximate surface area is 99.3 Å². The molecule has 6 heteroatoms. The van der Waals surface area contributed by atoms with E-state index in [4.69, 9.17) is 11.1 Å². The van der Waals surface area contributed by atoms with Crippen LogP contribution in [0.25, 0.3) is 0 Å². The Hall–Kier alpha value is -2.10. The molecule has 1 aromatic rings. The molecule has 17 heavy (non-hydrogen) atoms. The Morgan fingerprint density at radius 3 is 3.00 bits per heavy atom. The van der Waals surface area contributed by atoms with Crippen molar-refractivity contribution in [2.75, 3.05) is 13.7 Å². The third kappa shape index (κ3) is 3.75. The van der Waals surface area contributed by atoms with Crippen molar-refractivity contribution in [1.29, 1.82) is 5.26 Å². The van der Waals surface area contributed by atoms with Crippen molar-refractivity contribution < 1.29 is 9.53 Å². The fourth-order valence-electron chi connectivity index (χ4n) is 1.36. The lowest BCUT2D eigenvalue weighted by Crippen LogP contribution is -2.38. The molecule has 0 aromatic heterocycles. The normalized spacial score (nSPS) is 11.4. The molecule has 1 amide bonds. The maximum Gasteiger partial charge on any atom is 0.406 e. The smallest absolute Gasteiger partial charge is 0.406 e. The van der Waals surface area contributed by atoms with Crippen molar-refractivity contribution in [1.82, 2.24) is 10.7 Å². The summed E-state index contributed by atoms with van der Waals surface area (Å²) in [6.45, 7) is 0.276. The van der Waals surface area contributed by atoms with E-state index in [1.807, 2.05) is 12.1 Å². The van der Waals surface area contributed by atoms with Crippen molar-refractivity contribution >= 4 is 6.09 Å². The van der Waals surface area contributed by atoms with E-state index in [-0.39, 0.29) is 12.6 Å². The van der Waals surface area contributed by atoms with E-state index in [0.717, 1.165) is 5.56 Å². The molecule has 0 saturated carbocycles. The van der Waals surface area contributed by atoms with Gasteiger partial charge in [0.05, 0.1) is 24.8 Å². The lowest BCUT2D eigenvalue weighted by molar-refractivity contribution is 0.170. The second-order valence-electron chi connectivity index (χ2n) is 3.33. The summed E-state index contributed by atoms with van der Waals surface area (Å²) < 4.78 is 4.45. The van der Waals surface area contributed by atoms with Gasteiger partial charge in [0.1, 0.15) is 0 Å². The number of methoxy groups -OCH3 is 1. The topological polar surface area (TPSA) is 100 Å². The summed E-state index contributed by atoms with van der Waals surface area (Å²) in [5, 5.41) is 11.3. The molecule has 0 spiro atoms. The number of carbonyl (C=O) groups is 1. The van der Waals surface area contributed by atoms with Crippen LogP contribution in [-0.4, -0.2) is 19.7 Å². The molecule has 90 valence electrons. The molecule has 6 nitrogen and oxygen atoms in total. The molecular weight excluding hydrogens is 220 g/mol. The highest BCUT2D eigenvalue weighted by Crippen LogP contribution is 2.12. The number of ether oxygens (including phenoxy) is 1. The molecule has 0 aliphatic carbocycles. The molecule has 0 aliphatic heterocycles. The first kappa shape index (κ1) is 13.0. The second kappa shape index (κ2) is 6.48. The minimum absolute atomic E-state index is 0.276. The summed E-state index contributed by atoms with van der Waals surface area (Å²) in [5.74, 6) is 5.40. The van der Waals surface area contributed by atoms with Crippen LogP contribution in [0.15, 0.2) is 24.3 Å². The van der Waals surface area contributed by atoms with Crippen molar-refractivity contribution in [2.45, 2.75) is 6.04 Å². The van der Waals surface area contributed by atoms with E-state index in [9.17, 15) is 4.79 Å². The molecule has 0 radical (unpaired) electrons. The van der Waals surface area contributed by atoms with Gasteiger partial charge in [-0.2, -0.15) is 5.26 Å². The third-order valence-corrected chi connectivity index (χ3v) is 2.26. The van der Waals surface area contributed by atoms with Gasteiger partial charge in [-0.1, -0.05) is 12.1 Å². The van der Waals surface area contributed by atoms with Crippen molar-refractivity contribution in [2.24, 2.45) is 5.84 Å². The van der Waals surface area contributed by atoms with Crippen LogP contribution in [0, 0.1) is 11.3 Å². The van der Waals surface area contributed by atoms with Crippen LogP contribution < -0.4 is 16.6 Å². The maximum atomic E-state index is 10.9. The first-order valence-electron chi connectivity index (χ1n) is 4.99. The monoisotopic (exact) mass is 234 g/mol. The van der Waals surface area contributed by atoms with Gasteiger partial charge in [0.2, 0.25) is 0 Å². The number of carbonyl (C=O) groups excluding carboxylic acids is 1. The molecule has 1 unspecified atom stereocenters. The molecule has 1 rings (SSSR count). The summed E-state index contributed by atoms with van der Waals surface area (Å²) in [7, 11) is 1.29.